The van der Waals surface area contributed by atoms with E-state index in [4.69, 9.17) is 4.74 Å². The summed E-state index contributed by atoms with van der Waals surface area (Å²) in [4.78, 5) is 20.8. The van der Waals surface area contributed by atoms with E-state index in [1.165, 1.54) is 5.69 Å². The molecule has 3 rings (SSSR count). The minimum Gasteiger partial charge on any atom is -0.497 e. The third-order valence-corrected chi connectivity index (χ3v) is 4.90. The molecule has 2 aromatic rings. The summed E-state index contributed by atoms with van der Waals surface area (Å²) in [6.45, 7) is 5.99. The average molecular weight is 368 g/mol. The van der Waals surface area contributed by atoms with Crippen LogP contribution in [0.25, 0.3) is 0 Å². The standard InChI is InChI=1S/C21H28N4O2/c1-27-20-8-4-7-19(16-20)25-14-12-24(13-15-25)11-3-2-10-23-21(26)18-6-5-9-22-17-18/h4-9,16-17H,2-3,10-15H2,1H3,(H,23,26). The lowest BCUT2D eigenvalue weighted by molar-refractivity contribution is 0.0952. The van der Waals surface area contributed by atoms with E-state index in [0.717, 1.165) is 51.3 Å². The highest BCUT2D eigenvalue weighted by Crippen LogP contribution is 2.22. The molecule has 144 valence electrons. The smallest absolute Gasteiger partial charge is 0.252 e. The zero-order valence-electron chi connectivity index (χ0n) is 15.9. The van der Waals surface area contributed by atoms with Crippen molar-refractivity contribution in [1.82, 2.24) is 15.2 Å². The topological polar surface area (TPSA) is 57.7 Å². The van der Waals surface area contributed by atoms with Gasteiger partial charge in [0.25, 0.3) is 5.91 Å². The molecule has 1 aliphatic rings. The number of ether oxygens (including phenoxy) is 1. The SMILES string of the molecule is COc1cccc(N2CCN(CCCCNC(=O)c3cccnc3)CC2)c1. The van der Waals surface area contributed by atoms with Crippen molar-refractivity contribution in [1.29, 1.82) is 0 Å². The summed E-state index contributed by atoms with van der Waals surface area (Å²) in [5, 5.41) is 2.96. The van der Waals surface area contributed by atoms with Crippen molar-refractivity contribution in [2.24, 2.45) is 0 Å². The van der Waals surface area contributed by atoms with Crippen LogP contribution in [0.3, 0.4) is 0 Å². The minimum absolute atomic E-state index is 0.0463. The molecule has 1 aromatic heterocycles. The van der Waals surface area contributed by atoms with E-state index in [2.05, 4.69) is 32.2 Å². The number of rotatable bonds is 8. The second-order valence-electron chi connectivity index (χ2n) is 6.73. The normalized spacial score (nSPS) is 14.8. The van der Waals surface area contributed by atoms with Gasteiger partial charge < -0.3 is 15.0 Å². The van der Waals surface area contributed by atoms with Crippen LogP contribution in [0.2, 0.25) is 0 Å². The molecule has 0 saturated carbocycles. The Morgan fingerprint density at radius 3 is 2.74 bits per heavy atom. The molecule has 0 spiro atoms. The number of hydrogen-bond donors (Lipinski definition) is 1. The van der Waals surface area contributed by atoms with Gasteiger partial charge in [0.2, 0.25) is 0 Å². The van der Waals surface area contributed by atoms with Crippen molar-refractivity contribution < 1.29 is 9.53 Å². The fourth-order valence-corrected chi connectivity index (χ4v) is 3.30. The summed E-state index contributed by atoms with van der Waals surface area (Å²) in [6.07, 6.45) is 5.34. The Morgan fingerprint density at radius 1 is 1.15 bits per heavy atom. The highest BCUT2D eigenvalue weighted by Gasteiger charge is 2.17. The average Bonchev–Trinajstić information content (AvgIpc) is 2.74. The predicted octanol–water partition coefficient (Wildman–Crippen LogP) is 2.42. The van der Waals surface area contributed by atoms with E-state index in [0.29, 0.717) is 12.1 Å². The fourth-order valence-electron chi connectivity index (χ4n) is 3.30. The van der Waals surface area contributed by atoms with Crippen LogP contribution in [0.5, 0.6) is 5.75 Å². The van der Waals surface area contributed by atoms with Gasteiger partial charge >= 0.3 is 0 Å². The van der Waals surface area contributed by atoms with Crippen molar-refractivity contribution in [3.05, 3.63) is 54.4 Å². The third kappa shape index (κ3) is 5.69. The quantitative estimate of drug-likeness (QED) is 0.725. The summed E-state index contributed by atoms with van der Waals surface area (Å²) >= 11 is 0. The molecule has 2 heterocycles. The first-order chi connectivity index (χ1) is 13.3. The summed E-state index contributed by atoms with van der Waals surface area (Å²) < 4.78 is 5.32. The molecule has 0 atom stereocenters. The number of pyridine rings is 1. The molecule has 6 nitrogen and oxygen atoms in total. The molecule has 0 radical (unpaired) electrons. The predicted molar refractivity (Wildman–Crippen MR) is 107 cm³/mol. The molecule has 0 unspecified atom stereocenters. The maximum atomic E-state index is 12.0. The molecule has 0 aliphatic carbocycles. The number of carbonyl (C=O) groups excluding carboxylic acids is 1. The number of nitrogens with one attached hydrogen (secondary N) is 1. The van der Waals surface area contributed by atoms with Gasteiger partial charge in [-0.1, -0.05) is 6.07 Å². The van der Waals surface area contributed by atoms with Crippen LogP contribution < -0.4 is 15.0 Å². The summed E-state index contributed by atoms with van der Waals surface area (Å²) in [5.41, 5.74) is 1.85. The van der Waals surface area contributed by atoms with Gasteiger partial charge in [-0.3, -0.25) is 14.7 Å². The van der Waals surface area contributed by atoms with Gasteiger partial charge in [-0.25, -0.2) is 0 Å². The van der Waals surface area contributed by atoms with Gasteiger partial charge in [0.15, 0.2) is 0 Å². The van der Waals surface area contributed by atoms with Crippen LogP contribution >= 0.6 is 0 Å². The van der Waals surface area contributed by atoms with E-state index in [1.807, 2.05) is 12.1 Å². The number of amides is 1. The minimum atomic E-state index is -0.0463. The number of carbonyl (C=O) groups is 1. The lowest BCUT2D eigenvalue weighted by Gasteiger charge is -2.36. The molecule has 1 N–H and O–H groups in total. The monoisotopic (exact) mass is 368 g/mol. The first-order valence-corrected chi connectivity index (χ1v) is 9.56. The summed E-state index contributed by atoms with van der Waals surface area (Å²) in [6, 6.07) is 11.8. The number of nitrogens with zero attached hydrogens (tertiary/aromatic N) is 3. The first-order valence-electron chi connectivity index (χ1n) is 9.56. The largest absolute Gasteiger partial charge is 0.497 e. The van der Waals surface area contributed by atoms with E-state index in [1.54, 1.807) is 31.6 Å². The van der Waals surface area contributed by atoms with Gasteiger partial charge in [0, 0.05) is 56.9 Å². The zero-order chi connectivity index (χ0) is 18.9. The van der Waals surface area contributed by atoms with Gasteiger partial charge in [-0.2, -0.15) is 0 Å². The van der Waals surface area contributed by atoms with Crippen molar-refractivity contribution in [2.45, 2.75) is 12.8 Å². The first kappa shape index (κ1) is 19.2. The van der Waals surface area contributed by atoms with Gasteiger partial charge in [0.1, 0.15) is 5.75 Å². The van der Waals surface area contributed by atoms with Gasteiger partial charge in [-0.05, 0) is 43.7 Å². The van der Waals surface area contributed by atoms with Crippen LogP contribution in [0.4, 0.5) is 5.69 Å². The molecule has 0 bridgehead atoms. The fraction of sp³-hybridized carbons (Fsp3) is 0.429. The number of piperazine rings is 1. The van der Waals surface area contributed by atoms with E-state index in [9.17, 15) is 4.79 Å². The Morgan fingerprint density at radius 2 is 2.00 bits per heavy atom. The second-order valence-corrected chi connectivity index (χ2v) is 6.73. The molecule has 1 saturated heterocycles. The summed E-state index contributed by atoms with van der Waals surface area (Å²) in [5.74, 6) is 0.860. The van der Waals surface area contributed by atoms with Crippen LogP contribution in [0, 0.1) is 0 Å². The van der Waals surface area contributed by atoms with Crippen LogP contribution in [-0.4, -0.2) is 62.2 Å². The Balaban J connectivity index is 1.31. The van der Waals surface area contributed by atoms with E-state index < -0.39 is 0 Å². The van der Waals surface area contributed by atoms with Crippen LogP contribution in [0.15, 0.2) is 48.8 Å². The molecule has 27 heavy (non-hydrogen) atoms. The number of aromatic nitrogens is 1. The maximum Gasteiger partial charge on any atom is 0.252 e. The second kappa shape index (κ2) is 9.92. The number of unbranched alkanes of at least 4 members (excludes halogenated alkanes) is 1. The number of hydrogen-bond acceptors (Lipinski definition) is 5. The van der Waals surface area contributed by atoms with Gasteiger partial charge in [0.05, 0.1) is 12.7 Å². The van der Waals surface area contributed by atoms with Crippen molar-refractivity contribution in [3.63, 3.8) is 0 Å². The number of anilines is 1. The maximum absolute atomic E-state index is 12.0. The molecule has 6 heteroatoms. The molecule has 1 amide bonds. The van der Waals surface area contributed by atoms with Gasteiger partial charge in [-0.15, -0.1) is 0 Å². The van der Waals surface area contributed by atoms with Crippen LogP contribution in [0.1, 0.15) is 23.2 Å². The molecular weight excluding hydrogens is 340 g/mol. The Bertz CT molecular complexity index is 715. The molecule has 1 aliphatic heterocycles. The lowest BCUT2D eigenvalue weighted by Crippen LogP contribution is -2.46. The van der Waals surface area contributed by atoms with E-state index >= 15 is 0 Å². The van der Waals surface area contributed by atoms with Crippen molar-refractivity contribution in [3.8, 4) is 5.75 Å². The molecular formula is C21H28N4O2. The Labute approximate surface area is 161 Å². The van der Waals surface area contributed by atoms with Crippen LogP contribution in [-0.2, 0) is 0 Å². The number of benzene rings is 1. The Hall–Kier alpha value is -2.60. The highest BCUT2D eigenvalue weighted by atomic mass is 16.5. The molecule has 1 aromatic carbocycles. The zero-order valence-corrected chi connectivity index (χ0v) is 15.9. The Kier molecular flexibility index (Phi) is 7.04. The summed E-state index contributed by atoms with van der Waals surface area (Å²) in [7, 11) is 1.70. The van der Waals surface area contributed by atoms with Crippen molar-refractivity contribution in [2.75, 3.05) is 51.3 Å². The lowest BCUT2D eigenvalue weighted by atomic mass is 10.2. The van der Waals surface area contributed by atoms with E-state index in [-0.39, 0.29) is 5.91 Å². The van der Waals surface area contributed by atoms with Crippen molar-refractivity contribution >= 4 is 11.6 Å². The number of methoxy groups -OCH3 is 1. The third-order valence-electron chi connectivity index (χ3n) is 4.90. The molecule has 1 fully saturated rings. The highest BCUT2D eigenvalue weighted by molar-refractivity contribution is 5.93.